The summed E-state index contributed by atoms with van der Waals surface area (Å²) in [6.45, 7) is 0. The van der Waals surface area contributed by atoms with E-state index in [4.69, 9.17) is 0 Å². The van der Waals surface area contributed by atoms with E-state index < -0.39 is 11.7 Å². The molecule has 3 N–H and O–H groups in total. The summed E-state index contributed by atoms with van der Waals surface area (Å²) < 4.78 is 14.1. The highest BCUT2D eigenvalue weighted by Crippen LogP contribution is 2.40. The topological polar surface area (TPSA) is 85.2 Å². The second kappa shape index (κ2) is 6.59. The molecule has 2 heterocycles. The first kappa shape index (κ1) is 16.8. The molecule has 0 unspecified atom stereocenters. The first-order chi connectivity index (χ1) is 13.1. The van der Waals surface area contributed by atoms with Crippen molar-refractivity contribution in [2.24, 2.45) is 0 Å². The Labute approximate surface area is 158 Å². The zero-order valence-electron chi connectivity index (χ0n) is 13.8. The molecule has 0 spiro atoms. The number of carbonyl (C=O) groups excluding carboxylic acids is 1. The summed E-state index contributed by atoms with van der Waals surface area (Å²) >= 11 is 1.33. The number of hydrogen-bond donors (Lipinski definition) is 3. The molecule has 0 radical (unpaired) electrons. The third kappa shape index (κ3) is 3.03. The maximum atomic E-state index is 14.1. The number of amides is 1. The van der Waals surface area contributed by atoms with Gasteiger partial charge in [0, 0.05) is 23.3 Å². The first-order valence-electron chi connectivity index (χ1n) is 7.96. The van der Waals surface area contributed by atoms with Crippen LogP contribution in [0.1, 0.15) is 10.4 Å². The van der Waals surface area contributed by atoms with Crippen LogP contribution in [0.3, 0.4) is 0 Å². The number of phenolic OH excluding ortho intramolecular Hbond substituents is 1. The summed E-state index contributed by atoms with van der Waals surface area (Å²) in [6, 6.07) is 12.8. The highest BCUT2D eigenvalue weighted by molar-refractivity contribution is 7.11. The fourth-order valence-electron chi connectivity index (χ4n) is 2.90. The summed E-state index contributed by atoms with van der Waals surface area (Å²) in [5.41, 5.74) is 2.25. The maximum Gasteiger partial charge on any atom is 0.250 e. The van der Waals surface area contributed by atoms with Crippen molar-refractivity contribution in [3.8, 4) is 22.9 Å². The molecule has 1 aliphatic rings. The van der Waals surface area contributed by atoms with Crippen molar-refractivity contribution in [3.05, 3.63) is 70.2 Å². The van der Waals surface area contributed by atoms with E-state index in [9.17, 15) is 19.6 Å². The number of fused-ring (bicyclic) bond motifs is 1. The first-order valence-corrected chi connectivity index (χ1v) is 8.84. The summed E-state index contributed by atoms with van der Waals surface area (Å²) in [6.07, 6.45) is 1.35. The van der Waals surface area contributed by atoms with Gasteiger partial charge in [-0.05, 0) is 23.6 Å². The standard InChI is InChI=1S/C20H12FN3O2S/c21-14-4-2-1-3-12(14)13-7-15-16(8-18(13)25)23-17(9-19(26)24-15)20-11(10-22)5-6-27-20/h1-9,23,25H,(H,24,26). The summed E-state index contributed by atoms with van der Waals surface area (Å²) in [5.74, 6) is -0.996. The molecule has 1 aliphatic heterocycles. The number of nitrogens with one attached hydrogen (secondary N) is 2. The molecule has 0 saturated carbocycles. The zero-order valence-corrected chi connectivity index (χ0v) is 14.6. The van der Waals surface area contributed by atoms with Crippen molar-refractivity contribution in [3.63, 3.8) is 0 Å². The maximum absolute atomic E-state index is 14.1. The van der Waals surface area contributed by atoms with Gasteiger partial charge in [0.25, 0.3) is 5.91 Å². The van der Waals surface area contributed by atoms with Gasteiger partial charge in [-0.2, -0.15) is 5.26 Å². The third-order valence-electron chi connectivity index (χ3n) is 4.13. The molecule has 1 amide bonds. The number of rotatable bonds is 2. The van der Waals surface area contributed by atoms with Gasteiger partial charge >= 0.3 is 0 Å². The molecule has 27 heavy (non-hydrogen) atoms. The van der Waals surface area contributed by atoms with Crippen molar-refractivity contribution < 1.29 is 14.3 Å². The summed E-state index contributed by atoms with van der Waals surface area (Å²) in [4.78, 5) is 12.9. The second-order valence-corrected chi connectivity index (χ2v) is 6.76. The van der Waals surface area contributed by atoms with Crippen LogP contribution in [0.15, 0.2) is 53.9 Å². The fourth-order valence-corrected chi connectivity index (χ4v) is 3.72. The Morgan fingerprint density at radius 3 is 2.63 bits per heavy atom. The molecule has 1 aromatic heterocycles. The van der Waals surface area contributed by atoms with Crippen molar-refractivity contribution in [2.75, 3.05) is 10.6 Å². The number of anilines is 2. The highest BCUT2D eigenvalue weighted by atomic mass is 32.1. The molecule has 0 atom stereocenters. The van der Waals surface area contributed by atoms with Gasteiger partial charge in [-0.25, -0.2) is 4.39 Å². The monoisotopic (exact) mass is 377 g/mol. The van der Waals surface area contributed by atoms with Crippen molar-refractivity contribution in [2.45, 2.75) is 0 Å². The molecular weight excluding hydrogens is 365 g/mol. The molecule has 7 heteroatoms. The van der Waals surface area contributed by atoms with E-state index >= 15 is 0 Å². The lowest BCUT2D eigenvalue weighted by Gasteiger charge is -2.14. The second-order valence-electron chi connectivity index (χ2n) is 5.84. The van der Waals surface area contributed by atoms with Gasteiger partial charge in [-0.1, -0.05) is 18.2 Å². The Morgan fingerprint density at radius 2 is 1.85 bits per heavy atom. The van der Waals surface area contributed by atoms with Crippen LogP contribution in [0.25, 0.3) is 16.8 Å². The molecule has 3 aromatic rings. The van der Waals surface area contributed by atoms with Crippen molar-refractivity contribution >= 4 is 34.3 Å². The lowest BCUT2D eigenvalue weighted by atomic mass is 10.0. The Hall–Kier alpha value is -3.63. The number of thiophene rings is 1. The molecule has 0 bridgehead atoms. The van der Waals surface area contributed by atoms with E-state index in [1.54, 1.807) is 29.6 Å². The van der Waals surface area contributed by atoms with Crippen molar-refractivity contribution in [1.29, 1.82) is 5.26 Å². The zero-order chi connectivity index (χ0) is 19.0. The molecule has 0 fully saturated rings. The van der Waals surface area contributed by atoms with Crippen LogP contribution >= 0.6 is 11.3 Å². The van der Waals surface area contributed by atoms with Gasteiger partial charge in [0.1, 0.15) is 17.6 Å². The quantitative estimate of drug-likeness (QED) is 0.573. The van der Waals surface area contributed by atoms with E-state index in [2.05, 4.69) is 16.7 Å². The fraction of sp³-hybridized carbons (Fsp3) is 0. The Balaban J connectivity index is 1.81. The Bertz CT molecular complexity index is 1140. The smallest absolute Gasteiger partial charge is 0.250 e. The number of carbonyl (C=O) groups is 1. The van der Waals surface area contributed by atoms with Gasteiger partial charge in [0.15, 0.2) is 0 Å². The lowest BCUT2D eigenvalue weighted by molar-refractivity contribution is -0.111. The van der Waals surface area contributed by atoms with Crippen LogP contribution in [0.4, 0.5) is 15.8 Å². The number of hydrogen-bond acceptors (Lipinski definition) is 5. The predicted molar refractivity (Wildman–Crippen MR) is 103 cm³/mol. The van der Waals surface area contributed by atoms with Crippen LogP contribution in [-0.4, -0.2) is 11.0 Å². The van der Waals surface area contributed by atoms with Gasteiger partial charge < -0.3 is 15.7 Å². The number of nitriles is 1. The minimum Gasteiger partial charge on any atom is -0.507 e. The molecule has 4 rings (SSSR count). The third-order valence-corrected chi connectivity index (χ3v) is 5.08. The Kier molecular flexibility index (Phi) is 4.11. The van der Waals surface area contributed by atoms with Crippen LogP contribution < -0.4 is 10.6 Å². The van der Waals surface area contributed by atoms with Crippen LogP contribution in [0.2, 0.25) is 0 Å². The van der Waals surface area contributed by atoms with Crippen LogP contribution in [-0.2, 0) is 4.79 Å². The number of benzene rings is 2. The minimum absolute atomic E-state index is 0.131. The molecule has 132 valence electrons. The molecule has 0 saturated heterocycles. The molecule has 0 aliphatic carbocycles. The molecular formula is C20H12FN3O2S. The SMILES string of the molecule is N#Cc1ccsc1C1=CC(=O)Nc2cc(-c3ccccc3F)c(O)cc2N1. The van der Waals surface area contributed by atoms with Gasteiger partial charge in [-0.15, -0.1) is 11.3 Å². The van der Waals surface area contributed by atoms with E-state index in [1.807, 2.05) is 0 Å². The van der Waals surface area contributed by atoms with Gasteiger partial charge in [0.2, 0.25) is 0 Å². The normalized spacial score (nSPS) is 12.9. The number of halogens is 1. The molecule has 2 aromatic carbocycles. The summed E-state index contributed by atoms with van der Waals surface area (Å²) in [7, 11) is 0. The lowest BCUT2D eigenvalue weighted by Crippen LogP contribution is -2.07. The highest BCUT2D eigenvalue weighted by Gasteiger charge is 2.20. The van der Waals surface area contributed by atoms with Crippen molar-refractivity contribution in [1.82, 2.24) is 0 Å². The average molecular weight is 377 g/mol. The minimum atomic E-state index is -0.475. The summed E-state index contributed by atoms with van der Waals surface area (Å²) in [5, 5.41) is 27.2. The average Bonchev–Trinajstić information content (AvgIpc) is 3.06. The van der Waals surface area contributed by atoms with Gasteiger partial charge in [-0.3, -0.25) is 4.79 Å². The van der Waals surface area contributed by atoms with Gasteiger partial charge in [0.05, 0.1) is 27.5 Å². The largest absolute Gasteiger partial charge is 0.507 e. The van der Waals surface area contributed by atoms with Crippen LogP contribution in [0.5, 0.6) is 5.75 Å². The van der Waals surface area contributed by atoms with E-state index in [0.717, 1.165) is 0 Å². The van der Waals surface area contributed by atoms with E-state index in [0.29, 0.717) is 27.5 Å². The Morgan fingerprint density at radius 1 is 1.07 bits per heavy atom. The number of phenols is 1. The molecule has 5 nitrogen and oxygen atoms in total. The predicted octanol–water partition coefficient (Wildman–Crippen LogP) is 4.54. The van der Waals surface area contributed by atoms with Crippen LogP contribution in [0, 0.1) is 17.1 Å². The number of nitrogens with zero attached hydrogens (tertiary/aromatic N) is 1. The number of aromatic hydroxyl groups is 1. The van der Waals surface area contributed by atoms with E-state index in [1.165, 1.54) is 35.6 Å². The van der Waals surface area contributed by atoms with E-state index in [-0.39, 0.29) is 16.9 Å².